The summed E-state index contributed by atoms with van der Waals surface area (Å²) in [6, 6.07) is 51.1. The summed E-state index contributed by atoms with van der Waals surface area (Å²) in [6.07, 6.45) is 6.67. The third kappa shape index (κ3) is 4.95. The van der Waals surface area contributed by atoms with Gasteiger partial charge in [-0.3, -0.25) is 9.97 Å². The molecule has 2 heterocycles. The van der Waals surface area contributed by atoms with Gasteiger partial charge in [0.25, 0.3) is 0 Å². The summed E-state index contributed by atoms with van der Waals surface area (Å²) in [5.41, 5.74) is 11.6. The molecule has 0 atom stereocenters. The predicted octanol–water partition coefficient (Wildman–Crippen LogP) is 10.9. The van der Waals surface area contributed by atoms with Crippen molar-refractivity contribution in [1.29, 1.82) is 10.5 Å². The Morgan fingerprint density at radius 3 is 1.33 bits per heavy atom. The van der Waals surface area contributed by atoms with Crippen molar-refractivity contribution in [3.05, 3.63) is 169 Å². The highest BCUT2D eigenvalue weighted by Crippen LogP contribution is 2.45. The lowest BCUT2D eigenvalue weighted by Gasteiger charge is -2.19. The van der Waals surface area contributed by atoms with Crippen molar-refractivity contribution in [2.45, 2.75) is 0 Å². The molecule has 2 aromatic heterocycles. The van der Waals surface area contributed by atoms with Crippen LogP contribution in [0.4, 0.5) is 0 Å². The first-order valence-electron chi connectivity index (χ1n) is 15.7. The lowest BCUT2D eigenvalue weighted by molar-refractivity contribution is 1.30. The van der Waals surface area contributed by atoms with Crippen LogP contribution in [0.25, 0.3) is 77.2 Å². The van der Waals surface area contributed by atoms with Crippen LogP contribution in [0.3, 0.4) is 0 Å². The molecular weight excluding hydrogens is 585 g/mol. The lowest BCUT2D eigenvalue weighted by atomic mass is 9.84. The van der Waals surface area contributed by atoms with Crippen molar-refractivity contribution in [1.82, 2.24) is 9.97 Å². The van der Waals surface area contributed by atoms with E-state index in [0.29, 0.717) is 11.1 Å². The van der Waals surface area contributed by atoms with Gasteiger partial charge in [-0.1, -0.05) is 115 Å². The molecule has 0 amide bonds. The topological polar surface area (TPSA) is 73.4 Å². The fourth-order valence-corrected chi connectivity index (χ4v) is 6.71. The van der Waals surface area contributed by atoms with Gasteiger partial charge < -0.3 is 0 Å². The number of aromatic nitrogens is 2. The van der Waals surface area contributed by atoms with Crippen LogP contribution in [0.15, 0.2) is 158 Å². The predicted molar refractivity (Wildman–Crippen MR) is 194 cm³/mol. The number of pyridine rings is 2. The number of fused-ring (bicyclic) bond motifs is 2. The largest absolute Gasteiger partial charge is 0.263 e. The summed E-state index contributed by atoms with van der Waals surface area (Å²) in [4.78, 5) is 8.26. The lowest BCUT2D eigenvalue weighted by Crippen LogP contribution is -1.92. The molecule has 0 unspecified atom stereocenters. The molecule has 8 aromatic rings. The van der Waals surface area contributed by atoms with Crippen LogP contribution in [0.1, 0.15) is 11.1 Å². The van der Waals surface area contributed by atoms with Crippen molar-refractivity contribution in [3.8, 4) is 67.8 Å². The van der Waals surface area contributed by atoms with Crippen LogP contribution < -0.4 is 0 Å². The van der Waals surface area contributed by atoms with Gasteiger partial charge in [0.1, 0.15) is 12.1 Å². The number of nitriles is 2. The summed E-state index contributed by atoms with van der Waals surface area (Å²) in [5.74, 6) is 0. The van der Waals surface area contributed by atoms with Crippen molar-refractivity contribution in [2.24, 2.45) is 0 Å². The van der Waals surface area contributed by atoms with Gasteiger partial charge in [0, 0.05) is 35.9 Å². The van der Waals surface area contributed by atoms with Gasteiger partial charge in [0.2, 0.25) is 0 Å². The smallest absolute Gasteiger partial charge is 0.101 e. The SMILES string of the molecule is N#Cc1cnccc1-c1ccc(-c2c3ccccc3c(-c3ccc(-c4ccncc4C#N)cc3)c3cc(-c4ccccc4)ccc23)cc1. The van der Waals surface area contributed by atoms with E-state index >= 15 is 0 Å². The quantitative estimate of drug-likeness (QED) is 0.182. The van der Waals surface area contributed by atoms with E-state index in [1.807, 2.05) is 18.2 Å². The Morgan fingerprint density at radius 2 is 0.812 bits per heavy atom. The molecule has 0 aliphatic rings. The Morgan fingerprint density at radius 1 is 0.375 bits per heavy atom. The number of hydrogen-bond acceptors (Lipinski definition) is 4. The highest BCUT2D eigenvalue weighted by Gasteiger charge is 2.18. The van der Waals surface area contributed by atoms with Crippen LogP contribution in [-0.2, 0) is 0 Å². The van der Waals surface area contributed by atoms with Gasteiger partial charge in [-0.25, -0.2) is 0 Å². The number of rotatable bonds is 5. The molecule has 0 aliphatic heterocycles. The van der Waals surface area contributed by atoms with E-state index in [-0.39, 0.29) is 0 Å². The minimum absolute atomic E-state index is 0.553. The van der Waals surface area contributed by atoms with E-state index in [4.69, 9.17) is 0 Å². The van der Waals surface area contributed by atoms with E-state index < -0.39 is 0 Å². The average molecular weight is 611 g/mol. The average Bonchev–Trinajstić information content (AvgIpc) is 3.17. The molecule has 0 saturated carbocycles. The van der Waals surface area contributed by atoms with Gasteiger partial charge in [0.05, 0.1) is 11.1 Å². The van der Waals surface area contributed by atoms with E-state index in [1.165, 1.54) is 0 Å². The Labute approximate surface area is 278 Å². The summed E-state index contributed by atoms with van der Waals surface area (Å²) in [5, 5.41) is 24.0. The normalized spacial score (nSPS) is 10.9. The molecule has 0 spiro atoms. The Bertz CT molecular complexity index is 2560. The standard InChI is InChI=1S/C44H26N4/c45-25-35-27-47-22-20-37(35)30-10-14-32(15-11-30)43-39-8-4-5-9-40(39)44(42-24-34(18-19-41(42)43)29-6-2-1-3-7-29)33-16-12-31(13-17-33)38-21-23-48-28-36(38)26-46/h1-24,27-28H. The first kappa shape index (κ1) is 28.6. The van der Waals surface area contributed by atoms with E-state index in [1.54, 1.807) is 24.8 Å². The molecule has 0 aliphatic carbocycles. The van der Waals surface area contributed by atoms with Crippen LogP contribution in [0, 0.1) is 22.7 Å². The number of nitrogens with zero attached hydrogens (tertiary/aromatic N) is 4. The van der Waals surface area contributed by atoms with Crippen molar-refractivity contribution in [2.75, 3.05) is 0 Å². The van der Waals surface area contributed by atoms with Gasteiger partial charge in [-0.05, 0) is 84.3 Å². The van der Waals surface area contributed by atoms with Crippen molar-refractivity contribution < 1.29 is 0 Å². The second-order valence-electron chi connectivity index (χ2n) is 11.6. The zero-order chi connectivity index (χ0) is 32.5. The van der Waals surface area contributed by atoms with Gasteiger partial charge in [-0.2, -0.15) is 10.5 Å². The zero-order valence-electron chi connectivity index (χ0n) is 25.8. The summed E-state index contributed by atoms with van der Waals surface area (Å²) >= 11 is 0. The van der Waals surface area contributed by atoms with Gasteiger partial charge in [0.15, 0.2) is 0 Å². The monoisotopic (exact) mass is 610 g/mol. The fraction of sp³-hybridized carbons (Fsp3) is 0. The molecule has 6 aromatic carbocycles. The zero-order valence-corrected chi connectivity index (χ0v) is 25.8. The highest BCUT2D eigenvalue weighted by atomic mass is 14.6. The highest BCUT2D eigenvalue weighted by molar-refractivity contribution is 6.22. The molecule has 8 rings (SSSR count). The van der Waals surface area contributed by atoms with Crippen LogP contribution in [0.2, 0.25) is 0 Å². The maximum absolute atomic E-state index is 9.68. The number of hydrogen-bond donors (Lipinski definition) is 0. The van der Waals surface area contributed by atoms with E-state index in [0.717, 1.165) is 77.2 Å². The number of benzene rings is 6. The maximum atomic E-state index is 9.68. The molecular formula is C44H26N4. The molecule has 222 valence electrons. The third-order valence-electron chi connectivity index (χ3n) is 8.98. The summed E-state index contributed by atoms with van der Waals surface area (Å²) in [7, 11) is 0. The minimum atomic E-state index is 0.553. The van der Waals surface area contributed by atoms with E-state index in [2.05, 4.69) is 137 Å². The molecule has 0 fully saturated rings. The Hall–Kier alpha value is -6.88. The second-order valence-corrected chi connectivity index (χ2v) is 11.6. The molecule has 0 saturated heterocycles. The molecule has 4 nitrogen and oxygen atoms in total. The van der Waals surface area contributed by atoms with Gasteiger partial charge >= 0.3 is 0 Å². The minimum Gasteiger partial charge on any atom is -0.263 e. The Balaban J connectivity index is 1.37. The second kappa shape index (κ2) is 12.1. The van der Waals surface area contributed by atoms with E-state index in [9.17, 15) is 10.5 Å². The first-order valence-corrected chi connectivity index (χ1v) is 15.7. The molecule has 4 heteroatoms. The fourth-order valence-electron chi connectivity index (χ4n) is 6.71. The summed E-state index contributed by atoms with van der Waals surface area (Å²) < 4.78 is 0. The molecule has 0 bridgehead atoms. The van der Waals surface area contributed by atoms with Crippen molar-refractivity contribution in [3.63, 3.8) is 0 Å². The van der Waals surface area contributed by atoms with Gasteiger partial charge in [-0.15, -0.1) is 0 Å². The Kier molecular flexibility index (Phi) is 7.23. The van der Waals surface area contributed by atoms with Crippen LogP contribution in [0.5, 0.6) is 0 Å². The summed E-state index contributed by atoms with van der Waals surface area (Å²) in [6.45, 7) is 0. The third-order valence-corrected chi connectivity index (χ3v) is 8.98. The molecule has 48 heavy (non-hydrogen) atoms. The molecule has 0 N–H and O–H groups in total. The van der Waals surface area contributed by atoms with Crippen LogP contribution >= 0.6 is 0 Å². The van der Waals surface area contributed by atoms with Crippen molar-refractivity contribution >= 4 is 21.5 Å². The van der Waals surface area contributed by atoms with Crippen LogP contribution in [-0.4, -0.2) is 9.97 Å². The first-order chi connectivity index (χ1) is 23.7. The molecule has 0 radical (unpaired) electrons. The maximum Gasteiger partial charge on any atom is 0.101 e.